The highest BCUT2D eigenvalue weighted by atomic mass is 35.5. The molecule has 2 aromatic rings. The maximum Gasteiger partial charge on any atom is 0.230 e. The maximum atomic E-state index is 5.92. The van der Waals surface area contributed by atoms with E-state index in [0.29, 0.717) is 17.8 Å². The number of aryl methyl sites for hydroxylation is 1. The number of hydrogen-bond acceptors (Lipinski definition) is 5. The van der Waals surface area contributed by atoms with E-state index in [2.05, 4.69) is 19.9 Å². The van der Waals surface area contributed by atoms with E-state index in [-0.39, 0.29) is 5.95 Å². The van der Waals surface area contributed by atoms with Crippen LogP contribution in [-0.2, 0) is 6.54 Å². The Morgan fingerprint density at radius 2 is 1.90 bits per heavy atom. The second-order valence-corrected chi connectivity index (χ2v) is 5.46. The molecule has 1 aromatic heterocycles. The fourth-order valence-electron chi connectivity index (χ4n) is 2.15. The standard InChI is InChI=1S/C14H16ClN5/c1-9-17-13(16)19-14(18-9)20(12-6-7-12)8-10-2-4-11(15)5-3-10/h2-5,12H,6-8H2,1H3,(H2,16,17,18,19). The second kappa shape index (κ2) is 5.25. The Labute approximate surface area is 122 Å². The quantitative estimate of drug-likeness (QED) is 0.937. The van der Waals surface area contributed by atoms with Crippen molar-refractivity contribution in [2.45, 2.75) is 32.4 Å². The van der Waals surface area contributed by atoms with Crippen LogP contribution in [0.3, 0.4) is 0 Å². The molecule has 1 fully saturated rings. The second-order valence-electron chi connectivity index (χ2n) is 5.03. The fraction of sp³-hybridized carbons (Fsp3) is 0.357. The van der Waals surface area contributed by atoms with E-state index >= 15 is 0 Å². The molecule has 3 rings (SSSR count). The lowest BCUT2D eigenvalue weighted by Crippen LogP contribution is -2.27. The van der Waals surface area contributed by atoms with E-state index in [1.807, 2.05) is 31.2 Å². The van der Waals surface area contributed by atoms with Crippen LogP contribution in [0.1, 0.15) is 24.2 Å². The molecular formula is C14H16ClN5. The first kappa shape index (κ1) is 13.1. The molecule has 0 aliphatic heterocycles. The lowest BCUT2D eigenvalue weighted by molar-refractivity contribution is 0.749. The van der Waals surface area contributed by atoms with Crippen molar-refractivity contribution in [1.29, 1.82) is 0 Å². The first-order valence-corrected chi connectivity index (χ1v) is 6.99. The monoisotopic (exact) mass is 289 g/mol. The van der Waals surface area contributed by atoms with Gasteiger partial charge in [0, 0.05) is 17.6 Å². The van der Waals surface area contributed by atoms with Crippen LogP contribution in [0.25, 0.3) is 0 Å². The minimum Gasteiger partial charge on any atom is -0.368 e. The molecule has 1 aliphatic carbocycles. The van der Waals surface area contributed by atoms with Gasteiger partial charge < -0.3 is 10.6 Å². The van der Waals surface area contributed by atoms with Gasteiger partial charge in [-0.2, -0.15) is 15.0 Å². The molecule has 2 N–H and O–H groups in total. The number of hydrogen-bond donors (Lipinski definition) is 1. The van der Waals surface area contributed by atoms with Gasteiger partial charge in [0.05, 0.1) is 0 Å². The zero-order valence-corrected chi connectivity index (χ0v) is 12.0. The molecule has 20 heavy (non-hydrogen) atoms. The Morgan fingerprint density at radius 1 is 1.20 bits per heavy atom. The third-order valence-electron chi connectivity index (χ3n) is 3.26. The number of benzene rings is 1. The van der Waals surface area contributed by atoms with Gasteiger partial charge in [-0.25, -0.2) is 0 Å². The molecule has 104 valence electrons. The third-order valence-corrected chi connectivity index (χ3v) is 3.52. The lowest BCUT2D eigenvalue weighted by atomic mass is 10.2. The number of halogens is 1. The Kier molecular flexibility index (Phi) is 3.44. The molecule has 0 bridgehead atoms. The lowest BCUT2D eigenvalue weighted by Gasteiger charge is -2.22. The molecule has 0 atom stereocenters. The summed E-state index contributed by atoms with van der Waals surface area (Å²) in [5, 5.41) is 0.743. The molecular weight excluding hydrogens is 274 g/mol. The van der Waals surface area contributed by atoms with Crippen molar-refractivity contribution in [1.82, 2.24) is 15.0 Å². The molecule has 1 saturated carbocycles. The zero-order valence-electron chi connectivity index (χ0n) is 11.3. The molecule has 1 heterocycles. The van der Waals surface area contributed by atoms with E-state index < -0.39 is 0 Å². The van der Waals surface area contributed by atoms with Gasteiger partial charge in [0.15, 0.2) is 0 Å². The predicted octanol–water partition coefficient (Wildman–Crippen LogP) is 2.58. The van der Waals surface area contributed by atoms with Crippen molar-refractivity contribution < 1.29 is 0 Å². The number of aromatic nitrogens is 3. The summed E-state index contributed by atoms with van der Waals surface area (Å²) in [6, 6.07) is 8.33. The van der Waals surface area contributed by atoms with Gasteiger partial charge >= 0.3 is 0 Å². The van der Waals surface area contributed by atoms with Crippen molar-refractivity contribution >= 4 is 23.5 Å². The normalized spacial score (nSPS) is 14.3. The minimum atomic E-state index is 0.272. The average Bonchev–Trinajstić information content (AvgIpc) is 3.21. The first-order chi connectivity index (χ1) is 9.61. The Hall–Kier alpha value is -1.88. The highest BCUT2D eigenvalue weighted by Crippen LogP contribution is 2.31. The molecule has 6 heteroatoms. The van der Waals surface area contributed by atoms with Crippen LogP contribution in [0.2, 0.25) is 5.02 Å². The van der Waals surface area contributed by atoms with E-state index in [9.17, 15) is 0 Å². The summed E-state index contributed by atoms with van der Waals surface area (Å²) < 4.78 is 0. The van der Waals surface area contributed by atoms with Crippen LogP contribution >= 0.6 is 11.6 Å². The van der Waals surface area contributed by atoms with Gasteiger partial charge in [-0.3, -0.25) is 0 Å². The largest absolute Gasteiger partial charge is 0.368 e. The van der Waals surface area contributed by atoms with Gasteiger partial charge in [-0.15, -0.1) is 0 Å². The summed E-state index contributed by atoms with van der Waals surface area (Å²) in [6.07, 6.45) is 2.33. The molecule has 0 spiro atoms. The van der Waals surface area contributed by atoms with Crippen LogP contribution in [-0.4, -0.2) is 21.0 Å². The van der Waals surface area contributed by atoms with Crippen LogP contribution < -0.4 is 10.6 Å². The van der Waals surface area contributed by atoms with E-state index in [0.717, 1.165) is 24.4 Å². The third kappa shape index (κ3) is 2.99. The SMILES string of the molecule is Cc1nc(N)nc(N(Cc2ccc(Cl)cc2)C2CC2)n1. The Balaban J connectivity index is 1.87. The van der Waals surface area contributed by atoms with Crippen molar-refractivity contribution in [3.05, 3.63) is 40.7 Å². The van der Waals surface area contributed by atoms with E-state index in [4.69, 9.17) is 17.3 Å². The van der Waals surface area contributed by atoms with Crippen LogP contribution in [0.4, 0.5) is 11.9 Å². The van der Waals surface area contributed by atoms with E-state index in [1.165, 1.54) is 5.56 Å². The average molecular weight is 290 g/mol. The van der Waals surface area contributed by atoms with Crippen molar-refractivity contribution in [3.63, 3.8) is 0 Å². The van der Waals surface area contributed by atoms with Gasteiger partial charge in [-0.1, -0.05) is 23.7 Å². The van der Waals surface area contributed by atoms with E-state index in [1.54, 1.807) is 0 Å². The molecule has 0 unspecified atom stereocenters. The summed E-state index contributed by atoms with van der Waals surface area (Å²) in [4.78, 5) is 14.9. The minimum absolute atomic E-state index is 0.272. The van der Waals surface area contributed by atoms with Gasteiger partial charge in [0.2, 0.25) is 11.9 Å². The zero-order chi connectivity index (χ0) is 14.1. The summed E-state index contributed by atoms with van der Waals surface area (Å²) in [5.41, 5.74) is 6.90. The Morgan fingerprint density at radius 3 is 2.50 bits per heavy atom. The fourth-order valence-corrected chi connectivity index (χ4v) is 2.28. The van der Waals surface area contributed by atoms with Gasteiger partial charge in [0.1, 0.15) is 5.82 Å². The highest BCUT2D eigenvalue weighted by Gasteiger charge is 2.31. The molecule has 0 radical (unpaired) electrons. The van der Waals surface area contributed by atoms with Crippen molar-refractivity contribution in [2.75, 3.05) is 10.6 Å². The van der Waals surface area contributed by atoms with Crippen LogP contribution in [0.15, 0.2) is 24.3 Å². The number of nitrogens with two attached hydrogens (primary N) is 1. The number of anilines is 2. The first-order valence-electron chi connectivity index (χ1n) is 6.61. The molecule has 1 aliphatic rings. The highest BCUT2D eigenvalue weighted by molar-refractivity contribution is 6.30. The van der Waals surface area contributed by atoms with Gasteiger partial charge in [0.25, 0.3) is 0 Å². The van der Waals surface area contributed by atoms with Crippen LogP contribution in [0.5, 0.6) is 0 Å². The molecule has 0 amide bonds. The number of nitrogen functional groups attached to an aromatic ring is 1. The molecule has 1 aromatic carbocycles. The van der Waals surface area contributed by atoms with Crippen molar-refractivity contribution in [2.24, 2.45) is 0 Å². The Bertz CT molecular complexity index is 589. The number of rotatable bonds is 4. The maximum absolute atomic E-state index is 5.92. The molecule has 0 saturated heterocycles. The van der Waals surface area contributed by atoms with Crippen molar-refractivity contribution in [3.8, 4) is 0 Å². The topological polar surface area (TPSA) is 67.9 Å². The summed E-state index contributed by atoms with van der Waals surface area (Å²) >= 11 is 5.92. The number of nitrogens with zero attached hydrogens (tertiary/aromatic N) is 4. The van der Waals surface area contributed by atoms with Gasteiger partial charge in [-0.05, 0) is 37.5 Å². The summed E-state index contributed by atoms with van der Waals surface area (Å²) in [7, 11) is 0. The smallest absolute Gasteiger partial charge is 0.230 e. The molecule has 5 nitrogen and oxygen atoms in total. The van der Waals surface area contributed by atoms with Crippen LogP contribution in [0, 0.1) is 6.92 Å². The predicted molar refractivity (Wildman–Crippen MR) is 79.6 cm³/mol. The summed E-state index contributed by atoms with van der Waals surface area (Å²) in [5.74, 6) is 1.58. The summed E-state index contributed by atoms with van der Waals surface area (Å²) in [6.45, 7) is 2.58.